The number of carbonyl (C=O) groups excluding carboxylic acids is 3. The first-order valence-electron chi connectivity index (χ1n) is 10.8. The van der Waals surface area contributed by atoms with Crippen LogP contribution in [0.4, 0.5) is 10.5 Å². The monoisotopic (exact) mass is 480 g/mol. The zero-order valence-corrected chi connectivity index (χ0v) is 19.4. The molecule has 3 aromatic rings. The Morgan fingerprint density at radius 1 is 0.912 bits per heavy atom. The molecule has 0 atom stereocenters. The fraction of sp³-hybridized carbons (Fsp3) is 0.192. The molecule has 0 heterocycles. The molecule has 34 heavy (non-hydrogen) atoms. The van der Waals surface area contributed by atoms with Crippen LogP contribution in [0.5, 0.6) is 5.75 Å². The number of benzene rings is 3. The first-order valence-corrected chi connectivity index (χ1v) is 11.2. The predicted molar refractivity (Wildman–Crippen MR) is 130 cm³/mol. The number of amides is 2. The zero-order chi connectivity index (χ0) is 24.3. The van der Waals surface area contributed by atoms with Crippen LogP contribution in [0.1, 0.15) is 34.8 Å². The standard InChI is InChI=1S/C26H25ClN2O5/c1-2-33-26(32)34-23-13-9-20(10-14-23)25(31)28-17-19-4-3-5-22(16-19)29-24(30)15-8-18-6-11-21(27)12-7-18/h3-7,9-14,16H,2,8,15,17H2,1H3,(H,28,31)(H,29,30). The molecule has 3 rings (SSSR count). The number of rotatable bonds is 9. The lowest BCUT2D eigenvalue weighted by Crippen LogP contribution is -2.22. The smallest absolute Gasteiger partial charge is 0.434 e. The molecule has 0 bridgehead atoms. The fourth-order valence-electron chi connectivity index (χ4n) is 3.09. The van der Waals surface area contributed by atoms with E-state index in [1.54, 1.807) is 37.3 Å². The summed E-state index contributed by atoms with van der Waals surface area (Å²) in [5, 5.41) is 6.38. The molecule has 0 saturated heterocycles. The number of hydrogen-bond acceptors (Lipinski definition) is 5. The highest BCUT2D eigenvalue weighted by atomic mass is 35.5. The molecule has 0 radical (unpaired) electrons. The Labute approximate surface area is 203 Å². The van der Waals surface area contributed by atoms with E-state index in [0.29, 0.717) is 29.1 Å². The number of hydrogen-bond donors (Lipinski definition) is 2. The van der Waals surface area contributed by atoms with Crippen molar-refractivity contribution in [3.05, 3.63) is 94.5 Å². The van der Waals surface area contributed by atoms with E-state index in [-0.39, 0.29) is 30.7 Å². The van der Waals surface area contributed by atoms with Gasteiger partial charge in [0.2, 0.25) is 5.91 Å². The van der Waals surface area contributed by atoms with Gasteiger partial charge in [0.25, 0.3) is 5.91 Å². The summed E-state index contributed by atoms with van der Waals surface area (Å²) in [5.41, 5.74) is 2.96. The Bertz CT molecular complexity index is 1130. The zero-order valence-electron chi connectivity index (χ0n) is 18.7. The van der Waals surface area contributed by atoms with Crippen LogP contribution < -0.4 is 15.4 Å². The Morgan fingerprint density at radius 2 is 1.65 bits per heavy atom. The lowest BCUT2D eigenvalue weighted by molar-refractivity contribution is -0.116. The summed E-state index contributed by atoms with van der Waals surface area (Å²) in [6, 6.07) is 20.9. The lowest BCUT2D eigenvalue weighted by Gasteiger charge is -2.09. The Morgan fingerprint density at radius 3 is 2.35 bits per heavy atom. The Kier molecular flexibility index (Phi) is 9.05. The number of nitrogens with one attached hydrogen (secondary N) is 2. The van der Waals surface area contributed by atoms with Gasteiger partial charge in [-0.25, -0.2) is 4.79 Å². The van der Waals surface area contributed by atoms with E-state index >= 15 is 0 Å². The van der Waals surface area contributed by atoms with Gasteiger partial charge in [0, 0.05) is 29.2 Å². The van der Waals surface area contributed by atoms with Crippen LogP contribution in [0.15, 0.2) is 72.8 Å². The van der Waals surface area contributed by atoms with Crippen molar-refractivity contribution in [2.24, 2.45) is 0 Å². The second kappa shape index (κ2) is 12.4. The molecule has 0 spiro atoms. The highest BCUT2D eigenvalue weighted by Crippen LogP contribution is 2.15. The molecule has 7 nitrogen and oxygen atoms in total. The van der Waals surface area contributed by atoms with Crippen LogP contribution in [0, 0.1) is 0 Å². The molecule has 0 aliphatic rings. The molecule has 176 valence electrons. The summed E-state index contributed by atoms with van der Waals surface area (Å²) >= 11 is 5.88. The lowest BCUT2D eigenvalue weighted by atomic mass is 10.1. The van der Waals surface area contributed by atoms with Crippen molar-refractivity contribution in [3.63, 3.8) is 0 Å². The van der Waals surface area contributed by atoms with E-state index in [0.717, 1.165) is 11.1 Å². The molecule has 3 aromatic carbocycles. The third-order valence-electron chi connectivity index (χ3n) is 4.80. The van der Waals surface area contributed by atoms with Crippen LogP contribution in [-0.2, 0) is 22.5 Å². The van der Waals surface area contributed by atoms with Crippen molar-refractivity contribution < 1.29 is 23.9 Å². The average Bonchev–Trinajstić information content (AvgIpc) is 2.83. The molecule has 0 unspecified atom stereocenters. The molecule has 0 fully saturated rings. The van der Waals surface area contributed by atoms with Gasteiger partial charge in [-0.3, -0.25) is 9.59 Å². The second-order valence-corrected chi connectivity index (χ2v) is 7.80. The van der Waals surface area contributed by atoms with Crippen LogP contribution >= 0.6 is 11.6 Å². The Hall–Kier alpha value is -3.84. The van der Waals surface area contributed by atoms with Crippen molar-refractivity contribution in [3.8, 4) is 5.75 Å². The van der Waals surface area contributed by atoms with E-state index < -0.39 is 6.16 Å². The van der Waals surface area contributed by atoms with Gasteiger partial charge in [0.15, 0.2) is 0 Å². The summed E-state index contributed by atoms with van der Waals surface area (Å²) in [6.45, 7) is 2.18. The van der Waals surface area contributed by atoms with E-state index in [9.17, 15) is 14.4 Å². The molecule has 0 aliphatic carbocycles. The number of halogens is 1. The summed E-state index contributed by atoms with van der Waals surface area (Å²) in [4.78, 5) is 36.1. The minimum absolute atomic E-state index is 0.0961. The molecular formula is C26H25ClN2O5. The van der Waals surface area contributed by atoms with Gasteiger partial charge in [0.1, 0.15) is 5.75 Å². The minimum atomic E-state index is -0.795. The molecule has 0 aromatic heterocycles. The van der Waals surface area contributed by atoms with E-state index in [1.165, 1.54) is 12.1 Å². The molecular weight excluding hydrogens is 456 g/mol. The molecule has 8 heteroatoms. The molecule has 0 aliphatic heterocycles. The van der Waals surface area contributed by atoms with E-state index in [1.807, 2.05) is 30.3 Å². The van der Waals surface area contributed by atoms with Crippen molar-refractivity contribution in [2.45, 2.75) is 26.3 Å². The van der Waals surface area contributed by atoms with Crippen LogP contribution in [-0.4, -0.2) is 24.6 Å². The van der Waals surface area contributed by atoms with Crippen molar-refractivity contribution in [2.75, 3.05) is 11.9 Å². The van der Waals surface area contributed by atoms with Gasteiger partial charge in [0.05, 0.1) is 6.61 Å². The average molecular weight is 481 g/mol. The first kappa shape index (κ1) is 24.8. The maximum absolute atomic E-state index is 12.4. The van der Waals surface area contributed by atoms with Gasteiger partial charge in [-0.15, -0.1) is 0 Å². The van der Waals surface area contributed by atoms with Gasteiger partial charge in [-0.1, -0.05) is 35.9 Å². The third kappa shape index (κ3) is 7.94. The number of aryl methyl sites for hydroxylation is 1. The van der Waals surface area contributed by atoms with E-state index in [4.69, 9.17) is 21.1 Å². The van der Waals surface area contributed by atoms with Crippen LogP contribution in [0.3, 0.4) is 0 Å². The van der Waals surface area contributed by atoms with E-state index in [2.05, 4.69) is 10.6 Å². The number of carbonyl (C=O) groups is 3. The van der Waals surface area contributed by atoms with Gasteiger partial charge in [-0.05, 0) is 73.0 Å². The summed E-state index contributed by atoms with van der Waals surface area (Å²) < 4.78 is 9.69. The summed E-state index contributed by atoms with van der Waals surface area (Å²) in [6.07, 6.45) is 0.164. The number of ether oxygens (including phenoxy) is 2. The Balaban J connectivity index is 1.48. The van der Waals surface area contributed by atoms with Gasteiger partial charge >= 0.3 is 6.16 Å². The topological polar surface area (TPSA) is 93.7 Å². The SMILES string of the molecule is CCOC(=O)Oc1ccc(C(=O)NCc2cccc(NC(=O)CCc3ccc(Cl)cc3)c2)cc1. The fourth-order valence-corrected chi connectivity index (χ4v) is 3.22. The quantitative estimate of drug-likeness (QED) is 0.317. The maximum Gasteiger partial charge on any atom is 0.513 e. The van der Waals surface area contributed by atoms with Crippen molar-refractivity contribution in [1.82, 2.24) is 5.32 Å². The minimum Gasteiger partial charge on any atom is -0.434 e. The molecule has 2 amide bonds. The first-order chi connectivity index (χ1) is 16.4. The third-order valence-corrected chi connectivity index (χ3v) is 5.05. The highest BCUT2D eigenvalue weighted by molar-refractivity contribution is 6.30. The van der Waals surface area contributed by atoms with Crippen LogP contribution in [0.2, 0.25) is 5.02 Å². The summed E-state index contributed by atoms with van der Waals surface area (Å²) in [7, 11) is 0. The van der Waals surface area contributed by atoms with Gasteiger partial charge in [-0.2, -0.15) is 0 Å². The summed E-state index contributed by atoms with van der Waals surface area (Å²) in [5.74, 6) is -0.0872. The highest BCUT2D eigenvalue weighted by Gasteiger charge is 2.09. The van der Waals surface area contributed by atoms with Crippen LogP contribution in [0.25, 0.3) is 0 Å². The van der Waals surface area contributed by atoms with Crippen molar-refractivity contribution >= 4 is 35.3 Å². The molecule has 2 N–H and O–H groups in total. The van der Waals surface area contributed by atoms with Gasteiger partial charge < -0.3 is 20.1 Å². The normalized spacial score (nSPS) is 10.3. The largest absolute Gasteiger partial charge is 0.513 e. The maximum atomic E-state index is 12.4. The second-order valence-electron chi connectivity index (χ2n) is 7.37. The number of anilines is 1. The van der Waals surface area contributed by atoms with Crippen molar-refractivity contribution in [1.29, 1.82) is 0 Å². The molecule has 0 saturated carbocycles. The predicted octanol–water partition coefficient (Wildman–Crippen LogP) is 5.38.